The maximum Gasteiger partial charge on any atom is 0.274 e. The molecule has 1 saturated carbocycles. The van der Waals surface area contributed by atoms with Crippen LogP contribution in [0.2, 0.25) is 10.0 Å². The average molecular weight is 520 g/mol. The van der Waals surface area contributed by atoms with Crippen LogP contribution in [0.1, 0.15) is 47.3 Å². The lowest BCUT2D eigenvalue weighted by Gasteiger charge is -2.32. The number of carbonyl (C=O) groups excluding carboxylic acids is 1. The highest BCUT2D eigenvalue weighted by Gasteiger charge is 2.45. The number of amides is 1. The Morgan fingerprint density at radius 2 is 1.72 bits per heavy atom. The van der Waals surface area contributed by atoms with Gasteiger partial charge in [0.05, 0.1) is 16.7 Å². The Hall–Kier alpha value is -3.48. The second-order valence-electron chi connectivity index (χ2n) is 9.31. The Morgan fingerprint density at radius 1 is 1.06 bits per heavy atom. The van der Waals surface area contributed by atoms with Crippen molar-refractivity contribution >= 4 is 46.6 Å². The summed E-state index contributed by atoms with van der Waals surface area (Å²) in [6.45, 7) is 2.20. The zero-order valence-corrected chi connectivity index (χ0v) is 21.0. The summed E-state index contributed by atoms with van der Waals surface area (Å²) in [6, 6.07) is 20.5. The van der Waals surface area contributed by atoms with E-state index in [9.17, 15) is 14.9 Å². The van der Waals surface area contributed by atoms with E-state index in [2.05, 4.69) is 13.0 Å². The number of hydrogen-bond donors (Lipinski definition) is 0. The van der Waals surface area contributed by atoms with Crippen LogP contribution in [-0.2, 0) is 0 Å². The van der Waals surface area contributed by atoms with Crippen LogP contribution < -0.4 is 0 Å². The Balaban J connectivity index is 1.60. The predicted molar refractivity (Wildman–Crippen MR) is 142 cm³/mol. The number of allylic oxidation sites excluding steroid dienone is 1. The summed E-state index contributed by atoms with van der Waals surface area (Å²) in [6.07, 6.45) is 3.81. The second kappa shape index (κ2) is 9.88. The molecule has 1 fully saturated rings. The first kappa shape index (κ1) is 24.2. The van der Waals surface area contributed by atoms with E-state index in [0.717, 1.165) is 35.3 Å². The maximum atomic E-state index is 13.7. The molecular weight excluding hydrogens is 497 g/mol. The van der Waals surface area contributed by atoms with E-state index in [0.29, 0.717) is 16.0 Å². The molecule has 0 unspecified atom stereocenters. The molecule has 3 aromatic rings. The first-order chi connectivity index (χ1) is 17.3. The van der Waals surface area contributed by atoms with E-state index in [1.807, 2.05) is 48.5 Å². The van der Waals surface area contributed by atoms with Crippen molar-refractivity contribution in [1.82, 2.24) is 5.01 Å². The minimum atomic E-state index is -0.502. The number of hydrazone groups is 1. The molecular formula is C28H23Cl2N3O3. The third kappa shape index (κ3) is 4.79. The number of rotatable bonds is 4. The van der Waals surface area contributed by atoms with Gasteiger partial charge >= 0.3 is 0 Å². The van der Waals surface area contributed by atoms with Crippen LogP contribution in [-0.4, -0.2) is 21.6 Å². The average Bonchev–Trinajstić information content (AvgIpc) is 3.25. The summed E-state index contributed by atoms with van der Waals surface area (Å²) in [5.74, 6) is -0.00895. The molecule has 0 saturated heterocycles. The summed E-state index contributed by atoms with van der Waals surface area (Å²) < 4.78 is 0. The van der Waals surface area contributed by atoms with Gasteiger partial charge in [0, 0.05) is 33.7 Å². The molecule has 8 heteroatoms. The first-order valence-electron chi connectivity index (χ1n) is 11.7. The van der Waals surface area contributed by atoms with E-state index < -0.39 is 4.92 Å². The fourth-order valence-corrected chi connectivity index (χ4v) is 5.35. The molecule has 0 bridgehead atoms. The highest BCUT2D eigenvalue weighted by atomic mass is 35.5. The van der Waals surface area contributed by atoms with Crippen molar-refractivity contribution in [2.45, 2.75) is 25.8 Å². The van der Waals surface area contributed by atoms with Crippen LogP contribution in [0, 0.1) is 22.0 Å². The lowest BCUT2D eigenvalue weighted by atomic mass is 9.73. The van der Waals surface area contributed by atoms with Crippen molar-refractivity contribution in [3.05, 3.63) is 115 Å². The Morgan fingerprint density at radius 3 is 2.39 bits per heavy atom. The molecule has 3 aromatic carbocycles. The summed E-state index contributed by atoms with van der Waals surface area (Å²) in [4.78, 5) is 24.6. The second-order valence-corrected chi connectivity index (χ2v) is 10.2. The van der Waals surface area contributed by atoms with Crippen LogP contribution in [0.3, 0.4) is 0 Å². The zero-order valence-electron chi connectivity index (χ0n) is 19.5. The normalized spacial score (nSPS) is 22.3. The number of nitrogens with zero attached hydrogens (tertiary/aromatic N) is 3. The van der Waals surface area contributed by atoms with Gasteiger partial charge in [-0.1, -0.05) is 60.5 Å². The molecule has 2 aliphatic rings. The van der Waals surface area contributed by atoms with E-state index in [1.54, 1.807) is 6.07 Å². The Labute approximate surface area is 219 Å². The summed E-state index contributed by atoms with van der Waals surface area (Å²) in [5, 5.41) is 19.0. The molecule has 0 N–H and O–H groups in total. The molecule has 36 heavy (non-hydrogen) atoms. The molecule has 1 aliphatic heterocycles. The third-order valence-corrected chi connectivity index (χ3v) is 7.20. The summed E-state index contributed by atoms with van der Waals surface area (Å²) in [5.41, 5.74) is 3.97. The summed E-state index contributed by atoms with van der Waals surface area (Å²) >= 11 is 12.2. The van der Waals surface area contributed by atoms with Crippen molar-refractivity contribution in [1.29, 1.82) is 0 Å². The van der Waals surface area contributed by atoms with Crippen molar-refractivity contribution in [3.8, 4) is 0 Å². The van der Waals surface area contributed by atoms with E-state index in [-0.39, 0.29) is 29.1 Å². The van der Waals surface area contributed by atoms with E-state index in [1.165, 1.54) is 23.2 Å². The molecule has 6 nitrogen and oxygen atoms in total. The highest BCUT2D eigenvalue weighted by molar-refractivity contribution is 6.30. The number of halogens is 2. The largest absolute Gasteiger partial charge is 0.274 e. The number of nitro benzene ring substituents is 1. The molecule has 3 atom stereocenters. The van der Waals surface area contributed by atoms with Gasteiger partial charge in [0.15, 0.2) is 0 Å². The zero-order chi connectivity index (χ0) is 25.4. The number of benzene rings is 3. The number of hydrogen-bond acceptors (Lipinski definition) is 4. The highest BCUT2D eigenvalue weighted by Crippen LogP contribution is 2.46. The van der Waals surface area contributed by atoms with Gasteiger partial charge in [0.25, 0.3) is 11.6 Å². The quantitative estimate of drug-likeness (QED) is 0.263. The van der Waals surface area contributed by atoms with Crippen LogP contribution in [0.15, 0.2) is 83.5 Å². The predicted octanol–water partition coefficient (Wildman–Crippen LogP) is 7.58. The van der Waals surface area contributed by atoms with Gasteiger partial charge in [-0.25, -0.2) is 5.01 Å². The SMILES string of the molecule is C[C@@H]1C/C(=C\c2ccc(Cl)cc2)C2=NN(C(=O)c3cccc([N+](=O)[O-])c3)[C@H](c3ccc(Cl)cc3)[C@@H]2C1. The smallest absolute Gasteiger partial charge is 0.267 e. The van der Waals surface area contributed by atoms with Gasteiger partial charge in [-0.15, -0.1) is 0 Å². The van der Waals surface area contributed by atoms with Crippen LogP contribution in [0.5, 0.6) is 0 Å². The van der Waals surface area contributed by atoms with Crippen LogP contribution in [0.25, 0.3) is 6.08 Å². The first-order valence-corrected chi connectivity index (χ1v) is 12.4. The van der Waals surface area contributed by atoms with Gasteiger partial charge in [-0.3, -0.25) is 14.9 Å². The molecule has 0 spiro atoms. The van der Waals surface area contributed by atoms with Gasteiger partial charge in [0.1, 0.15) is 0 Å². The number of non-ortho nitro benzene ring substituents is 1. The van der Waals surface area contributed by atoms with Gasteiger partial charge in [-0.05, 0) is 71.9 Å². The molecule has 0 aromatic heterocycles. The van der Waals surface area contributed by atoms with Crippen molar-refractivity contribution in [2.75, 3.05) is 0 Å². The number of carbonyl (C=O) groups is 1. The standard InChI is InChI=1S/C28H23Cl2N3O3/c1-17-13-21(15-18-5-9-22(29)10-6-18)26-25(14-17)27(19-7-11-23(30)12-8-19)32(31-26)28(34)20-3-2-4-24(16-20)33(35)36/h2-12,15-17,25,27H,13-14H2,1H3/b21-15+/t17-,25-,27-/m1/s1. The van der Waals surface area contributed by atoms with E-state index >= 15 is 0 Å². The Kier molecular flexibility index (Phi) is 6.65. The topological polar surface area (TPSA) is 75.8 Å². The molecule has 1 heterocycles. The minimum absolute atomic E-state index is 0.0175. The summed E-state index contributed by atoms with van der Waals surface area (Å²) in [7, 11) is 0. The van der Waals surface area contributed by atoms with Gasteiger partial charge < -0.3 is 0 Å². The fraction of sp³-hybridized carbons (Fsp3) is 0.214. The van der Waals surface area contributed by atoms with Crippen LogP contribution in [0.4, 0.5) is 5.69 Å². The van der Waals surface area contributed by atoms with Crippen molar-refractivity contribution < 1.29 is 9.72 Å². The molecule has 0 radical (unpaired) electrons. The molecule has 1 amide bonds. The van der Waals surface area contributed by atoms with Crippen molar-refractivity contribution in [2.24, 2.45) is 16.9 Å². The molecule has 182 valence electrons. The molecule has 5 rings (SSSR count). The van der Waals surface area contributed by atoms with E-state index in [4.69, 9.17) is 28.3 Å². The van der Waals surface area contributed by atoms with Crippen molar-refractivity contribution in [3.63, 3.8) is 0 Å². The van der Waals surface area contributed by atoms with Gasteiger partial charge in [-0.2, -0.15) is 5.10 Å². The lowest BCUT2D eigenvalue weighted by Crippen LogP contribution is -2.33. The molecule has 1 aliphatic carbocycles. The Bertz CT molecular complexity index is 1380. The monoisotopic (exact) mass is 519 g/mol. The van der Waals surface area contributed by atoms with Gasteiger partial charge in [0.2, 0.25) is 0 Å². The maximum absolute atomic E-state index is 13.7. The minimum Gasteiger partial charge on any atom is -0.267 e. The fourth-order valence-electron chi connectivity index (χ4n) is 5.10. The lowest BCUT2D eigenvalue weighted by molar-refractivity contribution is -0.384. The van der Waals surface area contributed by atoms with Crippen LogP contribution >= 0.6 is 23.2 Å². The number of fused-ring (bicyclic) bond motifs is 1. The number of nitro groups is 1. The third-order valence-electron chi connectivity index (χ3n) is 6.70.